The van der Waals surface area contributed by atoms with E-state index in [4.69, 9.17) is 0 Å². The number of rotatable bonds is 8. The van der Waals surface area contributed by atoms with Crippen LogP contribution < -0.4 is 10.6 Å². The normalized spacial score (nSPS) is 11.4. The van der Waals surface area contributed by atoms with Crippen LogP contribution in [0.1, 0.15) is 20.9 Å². The number of Topliss-reactive ketones (excluding diaryl/α,β-unsaturated/α-hetero) is 1. The zero-order valence-corrected chi connectivity index (χ0v) is 15.8. The fourth-order valence-electron chi connectivity index (χ4n) is 2.63. The number of nitrogens with one attached hydrogen (secondary N) is 2. The summed E-state index contributed by atoms with van der Waals surface area (Å²) < 4.78 is 0. The van der Waals surface area contributed by atoms with E-state index in [1.54, 1.807) is 41.9 Å². The second kappa shape index (κ2) is 9.57. The molecule has 28 heavy (non-hydrogen) atoms. The lowest BCUT2D eigenvalue weighted by atomic mass is 10.0. The Morgan fingerprint density at radius 1 is 0.964 bits per heavy atom. The van der Waals surface area contributed by atoms with E-state index < -0.39 is 23.6 Å². The van der Waals surface area contributed by atoms with Gasteiger partial charge in [-0.05, 0) is 17.7 Å². The van der Waals surface area contributed by atoms with Gasteiger partial charge in [0, 0.05) is 23.6 Å². The number of nitrogens with zero attached hydrogens (tertiary/aromatic N) is 1. The molecule has 0 saturated heterocycles. The molecule has 142 valence electrons. The zero-order valence-electron chi connectivity index (χ0n) is 15.0. The predicted molar refractivity (Wildman–Crippen MR) is 107 cm³/mol. The van der Waals surface area contributed by atoms with Crippen molar-refractivity contribution in [3.8, 4) is 0 Å². The van der Waals surface area contributed by atoms with E-state index in [0.29, 0.717) is 10.6 Å². The van der Waals surface area contributed by atoms with Gasteiger partial charge in [-0.25, -0.2) is 4.98 Å². The molecular formula is C21H19N3O3S. The lowest BCUT2D eigenvalue weighted by Crippen LogP contribution is -2.48. The van der Waals surface area contributed by atoms with E-state index >= 15 is 0 Å². The Hall–Kier alpha value is -3.32. The van der Waals surface area contributed by atoms with E-state index in [-0.39, 0.29) is 13.0 Å². The maximum Gasteiger partial charge on any atom is 0.289 e. The highest BCUT2D eigenvalue weighted by Gasteiger charge is 2.27. The molecule has 1 atom stereocenters. The molecule has 0 radical (unpaired) electrons. The summed E-state index contributed by atoms with van der Waals surface area (Å²) in [5.41, 5.74) is 1.28. The largest absolute Gasteiger partial charge is 0.343 e. The minimum Gasteiger partial charge on any atom is -0.343 e. The summed E-state index contributed by atoms with van der Waals surface area (Å²) >= 11 is 1.39. The SMILES string of the molecule is O=C(NCc1nccs1)C(=O)[C@@H](Cc1ccccc1)NC(=O)c1ccccc1. The van der Waals surface area contributed by atoms with Crippen molar-refractivity contribution >= 4 is 28.9 Å². The van der Waals surface area contributed by atoms with Crippen molar-refractivity contribution in [2.24, 2.45) is 0 Å². The molecule has 2 aromatic carbocycles. The lowest BCUT2D eigenvalue weighted by molar-refractivity contribution is -0.139. The third kappa shape index (κ3) is 5.34. The Labute approximate surface area is 166 Å². The molecule has 3 rings (SSSR count). The molecule has 0 aliphatic heterocycles. The summed E-state index contributed by atoms with van der Waals surface area (Å²) in [6.45, 7) is 0.174. The first-order valence-corrected chi connectivity index (χ1v) is 9.61. The van der Waals surface area contributed by atoms with E-state index in [1.165, 1.54) is 11.3 Å². The van der Waals surface area contributed by atoms with Gasteiger partial charge in [-0.1, -0.05) is 48.5 Å². The van der Waals surface area contributed by atoms with Gasteiger partial charge < -0.3 is 10.6 Å². The third-order valence-corrected chi connectivity index (χ3v) is 4.83. The lowest BCUT2D eigenvalue weighted by Gasteiger charge is -2.17. The summed E-state index contributed by atoms with van der Waals surface area (Å²) in [6.07, 6.45) is 1.86. The van der Waals surface area contributed by atoms with Crippen molar-refractivity contribution in [1.82, 2.24) is 15.6 Å². The molecule has 6 nitrogen and oxygen atoms in total. The van der Waals surface area contributed by atoms with Crippen molar-refractivity contribution in [1.29, 1.82) is 0 Å². The van der Waals surface area contributed by atoms with Crippen molar-refractivity contribution in [2.45, 2.75) is 19.0 Å². The summed E-state index contributed by atoms with van der Waals surface area (Å²) in [5.74, 6) is -1.84. The minimum absolute atomic E-state index is 0.174. The number of hydrogen-bond donors (Lipinski definition) is 2. The van der Waals surface area contributed by atoms with Crippen LogP contribution in [0.3, 0.4) is 0 Å². The summed E-state index contributed by atoms with van der Waals surface area (Å²) in [4.78, 5) is 41.7. The van der Waals surface area contributed by atoms with E-state index in [0.717, 1.165) is 5.56 Å². The summed E-state index contributed by atoms with van der Waals surface area (Å²) in [6, 6.07) is 16.9. The first-order valence-electron chi connectivity index (χ1n) is 8.73. The van der Waals surface area contributed by atoms with Crippen LogP contribution in [-0.2, 0) is 22.6 Å². The van der Waals surface area contributed by atoms with Crippen LogP contribution >= 0.6 is 11.3 Å². The standard InChI is InChI=1S/C21H19N3O3S/c25-19(21(27)23-14-18-22-11-12-28-18)17(13-15-7-3-1-4-8-15)24-20(26)16-9-5-2-6-10-16/h1-12,17H,13-14H2,(H,23,27)(H,24,26)/t17-/m1/s1. The molecule has 0 fully saturated rings. The number of carbonyl (C=O) groups is 3. The molecular weight excluding hydrogens is 374 g/mol. The van der Waals surface area contributed by atoms with Crippen molar-refractivity contribution in [2.75, 3.05) is 0 Å². The van der Waals surface area contributed by atoms with Crippen molar-refractivity contribution in [3.05, 3.63) is 88.4 Å². The van der Waals surface area contributed by atoms with Gasteiger partial charge in [0.2, 0.25) is 5.78 Å². The fourth-order valence-corrected chi connectivity index (χ4v) is 3.19. The first kappa shape index (κ1) is 19.4. The Morgan fingerprint density at radius 2 is 1.64 bits per heavy atom. The quantitative estimate of drug-likeness (QED) is 0.575. The molecule has 0 spiro atoms. The van der Waals surface area contributed by atoms with Gasteiger partial charge in [-0.15, -0.1) is 11.3 Å². The predicted octanol–water partition coefficient (Wildman–Crippen LogP) is 2.37. The second-order valence-corrected chi connectivity index (χ2v) is 7.03. The van der Waals surface area contributed by atoms with Gasteiger partial charge in [0.25, 0.3) is 11.8 Å². The van der Waals surface area contributed by atoms with Crippen molar-refractivity contribution < 1.29 is 14.4 Å². The number of amides is 2. The number of benzene rings is 2. The molecule has 7 heteroatoms. The van der Waals surface area contributed by atoms with Crippen LogP contribution in [0.4, 0.5) is 0 Å². The van der Waals surface area contributed by atoms with E-state index in [9.17, 15) is 14.4 Å². The second-order valence-electron chi connectivity index (χ2n) is 6.05. The van der Waals surface area contributed by atoms with Crippen molar-refractivity contribution in [3.63, 3.8) is 0 Å². The Balaban J connectivity index is 1.71. The number of thiazole rings is 1. The molecule has 0 aliphatic carbocycles. The number of ketones is 1. The molecule has 3 aromatic rings. The molecule has 1 heterocycles. The highest BCUT2D eigenvalue weighted by atomic mass is 32.1. The highest BCUT2D eigenvalue weighted by Crippen LogP contribution is 2.07. The maximum atomic E-state index is 12.7. The molecule has 2 amide bonds. The number of carbonyl (C=O) groups excluding carboxylic acids is 3. The third-order valence-electron chi connectivity index (χ3n) is 4.05. The fraction of sp³-hybridized carbons (Fsp3) is 0.143. The zero-order chi connectivity index (χ0) is 19.8. The molecule has 0 saturated carbocycles. The Bertz CT molecular complexity index is 928. The monoisotopic (exact) mass is 393 g/mol. The minimum atomic E-state index is -0.966. The van der Waals surface area contributed by atoms with Gasteiger partial charge in [0.15, 0.2) is 0 Å². The van der Waals surface area contributed by atoms with Gasteiger partial charge in [-0.2, -0.15) is 0 Å². The van der Waals surface area contributed by atoms with Gasteiger partial charge in [-0.3, -0.25) is 14.4 Å². The van der Waals surface area contributed by atoms with E-state index in [1.807, 2.05) is 30.3 Å². The topological polar surface area (TPSA) is 88.2 Å². The number of hydrogen-bond acceptors (Lipinski definition) is 5. The van der Waals surface area contributed by atoms with E-state index in [2.05, 4.69) is 15.6 Å². The van der Waals surface area contributed by atoms with Crippen LogP contribution in [0.15, 0.2) is 72.2 Å². The Kier molecular flexibility index (Phi) is 6.64. The van der Waals surface area contributed by atoms with Crippen LogP contribution in [0.5, 0.6) is 0 Å². The van der Waals surface area contributed by atoms with Crippen LogP contribution in [0.2, 0.25) is 0 Å². The average Bonchev–Trinajstić information content (AvgIpc) is 3.26. The molecule has 0 bridgehead atoms. The summed E-state index contributed by atoms with van der Waals surface area (Å²) in [5, 5.41) is 7.76. The van der Waals surface area contributed by atoms with Crippen LogP contribution in [-0.4, -0.2) is 28.6 Å². The Morgan fingerprint density at radius 3 is 2.29 bits per heavy atom. The molecule has 2 N–H and O–H groups in total. The van der Waals surface area contributed by atoms with Gasteiger partial charge in [0.1, 0.15) is 11.0 Å². The first-order chi connectivity index (χ1) is 13.6. The average molecular weight is 393 g/mol. The van der Waals surface area contributed by atoms with Crippen LogP contribution in [0, 0.1) is 0 Å². The number of aromatic nitrogens is 1. The maximum absolute atomic E-state index is 12.7. The summed E-state index contributed by atoms with van der Waals surface area (Å²) in [7, 11) is 0. The molecule has 0 unspecified atom stereocenters. The smallest absolute Gasteiger partial charge is 0.289 e. The molecule has 0 aliphatic rings. The molecule has 1 aromatic heterocycles. The van der Waals surface area contributed by atoms with Gasteiger partial charge in [0.05, 0.1) is 6.54 Å². The highest BCUT2D eigenvalue weighted by molar-refractivity contribution is 7.09. The van der Waals surface area contributed by atoms with Gasteiger partial charge >= 0.3 is 0 Å². The van der Waals surface area contributed by atoms with Crippen LogP contribution in [0.25, 0.3) is 0 Å².